The number of phenols is 2. The lowest BCUT2D eigenvalue weighted by Gasteiger charge is -2.17. The molecular weight excluding hydrogens is 222 g/mol. The number of hydrogen-bond acceptors (Lipinski definition) is 4. The van der Waals surface area contributed by atoms with Crippen LogP contribution in [-0.4, -0.2) is 27.8 Å². The van der Waals surface area contributed by atoms with Gasteiger partial charge < -0.3 is 21.1 Å². The Hall–Kier alpha value is -1.75. The van der Waals surface area contributed by atoms with Crippen LogP contribution in [0.3, 0.4) is 0 Å². The van der Waals surface area contributed by atoms with Gasteiger partial charge in [0.15, 0.2) is 11.5 Å². The summed E-state index contributed by atoms with van der Waals surface area (Å²) in [5.41, 5.74) is 5.91. The zero-order chi connectivity index (χ0) is 13.0. The summed E-state index contributed by atoms with van der Waals surface area (Å²) in [7, 11) is 0. The molecule has 0 saturated heterocycles. The van der Waals surface area contributed by atoms with Gasteiger partial charge in [0.2, 0.25) is 0 Å². The van der Waals surface area contributed by atoms with E-state index in [1.807, 2.05) is 0 Å². The van der Waals surface area contributed by atoms with E-state index in [-0.39, 0.29) is 24.0 Å². The van der Waals surface area contributed by atoms with E-state index < -0.39 is 11.9 Å². The van der Waals surface area contributed by atoms with Crippen LogP contribution in [0.25, 0.3) is 0 Å². The Morgan fingerprint density at radius 2 is 2.06 bits per heavy atom. The van der Waals surface area contributed by atoms with Crippen LogP contribution < -0.4 is 5.73 Å². The molecule has 0 aromatic heterocycles. The Balaban J connectivity index is 2.86. The highest BCUT2D eigenvalue weighted by Gasteiger charge is 2.21. The second-order valence-electron chi connectivity index (χ2n) is 4.12. The number of hydrogen-bond donors (Lipinski definition) is 4. The minimum Gasteiger partial charge on any atom is -0.504 e. The fraction of sp³-hybridized carbons (Fsp3) is 0.417. The van der Waals surface area contributed by atoms with Gasteiger partial charge in [0, 0.05) is 12.1 Å². The maximum atomic E-state index is 10.9. The lowest BCUT2D eigenvalue weighted by molar-refractivity contribution is -0.141. The highest BCUT2D eigenvalue weighted by molar-refractivity contribution is 5.70. The van der Waals surface area contributed by atoms with E-state index in [4.69, 9.17) is 10.8 Å². The fourth-order valence-electron chi connectivity index (χ4n) is 1.80. The lowest BCUT2D eigenvalue weighted by Crippen LogP contribution is -2.24. The molecule has 0 spiro atoms. The molecule has 0 aliphatic rings. The van der Waals surface area contributed by atoms with Crippen molar-refractivity contribution in [3.63, 3.8) is 0 Å². The van der Waals surface area contributed by atoms with Crippen molar-refractivity contribution in [2.45, 2.75) is 19.3 Å². The Morgan fingerprint density at radius 1 is 1.41 bits per heavy atom. The van der Waals surface area contributed by atoms with Crippen LogP contribution in [0.4, 0.5) is 0 Å². The number of para-hydroxylation sites is 1. The minimum atomic E-state index is -0.945. The molecule has 1 aromatic carbocycles. The third kappa shape index (κ3) is 3.10. The van der Waals surface area contributed by atoms with Gasteiger partial charge >= 0.3 is 5.97 Å². The van der Waals surface area contributed by atoms with Crippen LogP contribution in [0.15, 0.2) is 18.2 Å². The zero-order valence-corrected chi connectivity index (χ0v) is 9.63. The summed E-state index contributed by atoms with van der Waals surface area (Å²) in [5.74, 6) is -2.17. The number of aromatic hydroxyl groups is 2. The number of carboxylic acids is 1. The largest absolute Gasteiger partial charge is 0.504 e. The van der Waals surface area contributed by atoms with Gasteiger partial charge in [-0.05, 0) is 18.4 Å². The van der Waals surface area contributed by atoms with Gasteiger partial charge in [-0.3, -0.25) is 4.79 Å². The van der Waals surface area contributed by atoms with Crippen molar-refractivity contribution in [1.82, 2.24) is 0 Å². The van der Waals surface area contributed by atoms with Crippen molar-refractivity contribution in [2.75, 3.05) is 6.54 Å². The number of nitrogens with two attached hydrogens (primary N) is 1. The molecule has 1 rings (SSSR count). The molecular formula is C12H17NO4. The van der Waals surface area contributed by atoms with Gasteiger partial charge in [-0.15, -0.1) is 0 Å². The van der Waals surface area contributed by atoms with Crippen LogP contribution in [0.1, 0.15) is 24.8 Å². The molecule has 0 radical (unpaired) electrons. The van der Waals surface area contributed by atoms with Crippen molar-refractivity contribution >= 4 is 5.97 Å². The van der Waals surface area contributed by atoms with Gasteiger partial charge in [-0.25, -0.2) is 0 Å². The van der Waals surface area contributed by atoms with E-state index >= 15 is 0 Å². The average Bonchev–Trinajstić information content (AvgIpc) is 2.28. The first-order chi connectivity index (χ1) is 7.97. The van der Waals surface area contributed by atoms with Crippen LogP contribution in [-0.2, 0) is 4.79 Å². The summed E-state index contributed by atoms with van der Waals surface area (Å²) in [6.07, 6.45) is 0.322. The van der Waals surface area contributed by atoms with Crippen molar-refractivity contribution in [1.29, 1.82) is 0 Å². The molecule has 1 aromatic rings. The van der Waals surface area contributed by atoms with Crippen molar-refractivity contribution in [3.8, 4) is 11.5 Å². The maximum absolute atomic E-state index is 10.9. The molecule has 2 unspecified atom stereocenters. The summed E-state index contributed by atoms with van der Waals surface area (Å²) in [5, 5.41) is 27.9. The molecule has 0 bridgehead atoms. The molecule has 0 heterocycles. The number of benzene rings is 1. The third-order valence-electron chi connectivity index (χ3n) is 2.85. The summed E-state index contributed by atoms with van der Waals surface area (Å²) < 4.78 is 0. The molecule has 17 heavy (non-hydrogen) atoms. The van der Waals surface area contributed by atoms with Crippen LogP contribution >= 0.6 is 0 Å². The van der Waals surface area contributed by atoms with Gasteiger partial charge in [0.25, 0.3) is 0 Å². The minimum absolute atomic E-state index is 0.0548. The molecule has 0 aliphatic carbocycles. The Bertz CT molecular complexity index is 405. The van der Waals surface area contributed by atoms with E-state index in [9.17, 15) is 15.0 Å². The first-order valence-electron chi connectivity index (χ1n) is 5.41. The number of phenolic OH excluding ortho intramolecular Hbond substituents is 2. The summed E-state index contributed by atoms with van der Waals surface area (Å²) in [4.78, 5) is 10.9. The molecule has 0 saturated carbocycles. The first-order valence-corrected chi connectivity index (χ1v) is 5.41. The smallest absolute Gasteiger partial charge is 0.307 e. The normalized spacial score (nSPS) is 14.2. The van der Waals surface area contributed by atoms with E-state index in [1.54, 1.807) is 19.1 Å². The fourth-order valence-corrected chi connectivity index (χ4v) is 1.80. The molecule has 2 atom stereocenters. The number of aliphatic carboxylic acids is 1. The van der Waals surface area contributed by atoms with Crippen molar-refractivity contribution < 1.29 is 20.1 Å². The Labute approximate surface area is 99.5 Å². The highest BCUT2D eigenvalue weighted by atomic mass is 16.4. The average molecular weight is 239 g/mol. The van der Waals surface area contributed by atoms with E-state index in [0.717, 1.165) is 0 Å². The van der Waals surface area contributed by atoms with E-state index in [0.29, 0.717) is 12.0 Å². The molecule has 0 fully saturated rings. The number of carbonyl (C=O) groups is 1. The predicted octanol–water partition coefficient (Wildman–Crippen LogP) is 1.25. The van der Waals surface area contributed by atoms with Crippen molar-refractivity contribution in [3.05, 3.63) is 23.8 Å². The second-order valence-corrected chi connectivity index (χ2v) is 4.12. The second kappa shape index (κ2) is 5.54. The topological polar surface area (TPSA) is 104 Å². The zero-order valence-electron chi connectivity index (χ0n) is 9.63. The third-order valence-corrected chi connectivity index (χ3v) is 2.85. The molecule has 5 heteroatoms. The van der Waals surface area contributed by atoms with E-state index in [2.05, 4.69) is 0 Å². The van der Waals surface area contributed by atoms with Crippen LogP contribution in [0, 0.1) is 5.92 Å². The summed E-state index contributed by atoms with van der Waals surface area (Å²) >= 11 is 0. The Morgan fingerprint density at radius 3 is 2.59 bits per heavy atom. The monoisotopic (exact) mass is 239 g/mol. The molecule has 0 aliphatic heterocycles. The molecule has 5 N–H and O–H groups in total. The lowest BCUT2D eigenvalue weighted by atomic mass is 9.89. The SMILES string of the molecule is CC(CC(CN)C(=O)O)c1cccc(O)c1O. The molecule has 5 nitrogen and oxygen atoms in total. The number of rotatable bonds is 5. The van der Waals surface area contributed by atoms with Gasteiger partial charge in [-0.2, -0.15) is 0 Å². The summed E-state index contributed by atoms with van der Waals surface area (Å²) in [6.45, 7) is 1.85. The van der Waals surface area contributed by atoms with E-state index in [1.165, 1.54) is 6.07 Å². The van der Waals surface area contributed by atoms with Gasteiger partial charge in [-0.1, -0.05) is 19.1 Å². The molecule has 94 valence electrons. The number of carboxylic acid groups (broad SMARTS) is 1. The maximum Gasteiger partial charge on any atom is 0.307 e. The first kappa shape index (κ1) is 13.3. The highest BCUT2D eigenvalue weighted by Crippen LogP contribution is 2.35. The standard InChI is InChI=1S/C12H17NO4/c1-7(5-8(6-13)12(16)17)9-3-2-4-10(14)11(9)15/h2-4,7-8,14-15H,5-6,13H2,1H3,(H,16,17). The van der Waals surface area contributed by atoms with Gasteiger partial charge in [0.1, 0.15) is 0 Å². The van der Waals surface area contributed by atoms with Crippen LogP contribution in [0.5, 0.6) is 11.5 Å². The quantitative estimate of drug-likeness (QED) is 0.579. The van der Waals surface area contributed by atoms with Crippen LogP contribution in [0.2, 0.25) is 0 Å². The predicted molar refractivity (Wildman–Crippen MR) is 63.0 cm³/mol. The summed E-state index contributed by atoms with van der Waals surface area (Å²) in [6, 6.07) is 4.65. The van der Waals surface area contributed by atoms with Crippen molar-refractivity contribution in [2.24, 2.45) is 11.7 Å². The molecule has 0 amide bonds. The Kier molecular flexibility index (Phi) is 4.34. The van der Waals surface area contributed by atoms with Gasteiger partial charge in [0.05, 0.1) is 5.92 Å².